The molecule has 132 valence electrons. The number of ether oxygens (including phenoxy) is 1. The first-order valence-electron chi connectivity index (χ1n) is 8.63. The van der Waals surface area contributed by atoms with E-state index in [0.717, 1.165) is 31.5 Å². The summed E-state index contributed by atoms with van der Waals surface area (Å²) in [5, 5.41) is 0. The van der Waals surface area contributed by atoms with Gasteiger partial charge in [-0.05, 0) is 45.4 Å². The number of hydrogen-bond donors (Lipinski definition) is 0. The normalized spacial score (nSPS) is 19.6. The minimum Gasteiger partial charge on any atom is -0.458 e. The first-order valence-corrected chi connectivity index (χ1v) is 8.63. The summed E-state index contributed by atoms with van der Waals surface area (Å²) in [7, 11) is 0. The van der Waals surface area contributed by atoms with Crippen molar-refractivity contribution in [2.75, 3.05) is 6.54 Å². The maximum atomic E-state index is 12.6. The summed E-state index contributed by atoms with van der Waals surface area (Å²) in [5.74, 6) is -0.131. The zero-order chi connectivity index (χ0) is 18.1. The SMILES string of the molecule is C=CCC(C)(C)C(C)(C)C(=C)N1CCC[C@@H]1C(=O)OC(C)(C)C. The van der Waals surface area contributed by atoms with Crippen molar-refractivity contribution < 1.29 is 9.53 Å². The minimum absolute atomic E-state index is 0.0207. The molecule has 0 radical (unpaired) electrons. The third-order valence-electron chi connectivity index (χ3n) is 5.35. The number of nitrogens with zero attached hydrogens (tertiary/aromatic N) is 1. The van der Waals surface area contributed by atoms with E-state index in [-0.39, 0.29) is 22.8 Å². The van der Waals surface area contributed by atoms with Gasteiger partial charge in [-0.15, -0.1) is 6.58 Å². The van der Waals surface area contributed by atoms with E-state index in [4.69, 9.17) is 4.74 Å². The van der Waals surface area contributed by atoms with Gasteiger partial charge in [0.15, 0.2) is 0 Å². The molecule has 3 heteroatoms. The predicted molar refractivity (Wildman–Crippen MR) is 97.1 cm³/mol. The molecule has 1 atom stereocenters. The Bertz CT molecular complexity index is 469. The summed E-state index contributed by atoms with van der Waals surface area (Å²) in [6, 6.07) is -0.208. The van der Waals surface area contributed by atoms with Crippen molar-refractivity contribution in [3.8, 4) is 0 Å². The molecule has 1 fully saturated rings. The van der Waals surface area contributed by atoms with E-state index in [0.29, 0.717) is 0 Å². The Balaban J connectivity index is 2.97. The lowest BCUT2D eigenvalue weighted by molar-refractivity contribution is -0.160. The number of rotatable bonds is 6. The van der Waals surface area contributed by atoms with Gasteiger partial charge in [0.05, 0.1) is 0 Å². The quantitative estimate of drug-likeness (QED) is 0.513. The van der Waals surface area contributed by atoms with Crippen LogP contribution >= 0.6 is 0 Å². The van der Waals surface area contributed by atoms with Crippen LogP contribution in [0.25, 0.3) is 0 Å². The largest absolute Gasteiger partial charge is 0.458 e. The average molecular weight is 322 g/mol. The van der Waals surface area contributed by atoms with Crippen LogP contribution in [0, 0.1) is 10.8 Å². The lowest BCUT2D eigenvalue weighted by Gasteiger charge is -2.47. The molecular formula is C20H35NO2. The number of esters is 1. The highest BCUT2D eigenvalue weighted by molar-refractivity contribution is 5.77. The third-order valence-corrected chi connectivity index (χ3v) is 5.35. The van der Waals surface area contributed by atoms with Crippen LogP contribution in [-0.2, 0) is 9.53 Å². The van der Waals surface area contributed by atoms with Crippen molar-refractivity contribution in [3.63, 3.8) is 0 Å². The molecule has 0 aromatic carbocycles. The Labute approximate surface area is 142 Å². The van der Waals surface area contributed by atoms with E-state index in [2.05, 4.69) is 45.8 Å². The molecule has 1 aliphatic rings. The molecular weight excluding hydrogens is 286 g/mol. The summed E-state index contributed by atoms with van der Waals surface area (Å²) in [5.41, 5.74) is 0.459. The van der Waals surface area contributed by atoms with Crippen LogP contribution in [0.3, 0.4) is 0 Å². The molecule has 0 aromatic heterocycles. The Morgan fingerprint density at radius 3 is 2.26 bits per heavy atom. The van der Waals surface area contributed by atoms with Gasteiger partial charge < -0.3 is 9.64 Å². The molecule has 0 spiro atoms. The summed E-state index contributed by atoms with van der Waals surface area (Å²) in [6.45, 7) is 23.8. The number of hydrogen-bond acceptors (Lipinski definition) is 3. The molecule has 0 amide bonds. The molecule has 1 heterocycles. The van der Waals surface area contributed by atoms with Crippen molar-refractivity contribution in [1.29, 1.82) is 0 Å². The summed E-state index contributed by atoms with van der Waals surface area (Å²) >= 11 is 0. The smallest absolute Gasteiger partial charge is 0.329 e. The molecule has 0 bridgehead atoms. The standard InChI is InChI=1S/C20H35NO2/c1-10-13-19(6,7)20(8,9)15(2)21-14-11-12-16(21)17(22)23-18(3,4)5/h10,16H,1-2,11-14H2,3-9H3/t16-/m1/s1. The van der Waals surface area contributed by atoms with Crippen molar-refractivity contribution in [2.45, 2.75) is 79.4 Å². The monoisotopic (exact) mass is 321 g/mol. The lowest BCUT2D eigenvalue weighted by Crippen LogP contribution is -2.46. The first-order chi connectivity index (χ1) is 10.3. The summed E-state index contributed by atoms with van der Waals surface area (Å²) in [4.78, 5) is 14.7. The fourth-order valence-corrected chi connectivity index (χ4v) is 3.07. The Morgan fingerprint density at radius 1 is 1.22 bits per heavy atom. The molecule has 0 aromatic rings. The third kappa shape index (κ3) is 4.39. The Kier molecular flexibility index (Phi) is 5.77. The summed E-state index contributed by atoms with van der Waals surface area (Å²) < 4.78 is 5.61. The Morgan fingerprint density at radius 2 is 1.78 bits per heavy atom. The topological polar surface area (TPSA) is 29.5 Å². The lowest BCUT2D eigenvalue weighted by atomic mass is 9.64. The molecule has 0 aliphatic carbocycles. The van der Waals surface area contributed by atoms with E-state index in [1.807, 2.05) is 26.8 Å². The van der Waals surface area contributed by atoms with Crippen molar-refractivity contribution >= 4 is 5.97 Å². The molecule has 0 N–H and O–H groups in total. The van der Waals surface area contributed by atoms with Crippen LogP contribution in [0.2, 0.25) is 0 Å². The van der Waals surface area contributed by atoms with Crippen LogP contribution in [0.15, 0.2) is 24.9 Å². The highest BCUT2D eigenvalue weighted by atomic mass is 16.6. The first kappa shape index (κ1) is 19.8. The molecule has 1 aliphatic heterocycles. The number of allylic oxidation sites excluding steroid dienone is 2. The fraction of sp³-hybridized carbons (Fsp3) is 0.750. The Hall–Kier alpha value is -1.25. The molecule has 1 rings (SSSR count). The van der Waals surface area contributed by atoms with E-state index in [1.54, 1.807) is 0 Å². The highest BCUT2D eigenvalue weighted by Gasteiger charge is 2.44. The second-order valence-corrected chi connectivity index (χ2v) is 8.83. The fourth-order valence-electron chi connectivity index (χ4n) is 3.07. The molecule has 23 heavy (non-hydrogen) atoms. The van der Waals surface area contributed by atoms with Gasteiger partial charge in [0.25, 0.3) is 0 Å². The van der Waals surface area contributed by atoms with Crippen molar-refractivity contribution in [2.24, 2.45) is 10.8 Å². The molecule has 3 nitrogen and oxygen atoms in total. The highest BCUT2D eigenvalue weighted by Crippen LogP contribution is 2.48. The molecule has 0 saturated carbocycles. The van der Waals surface area contributed by atoms with Gasteiger partial charge in [0.1, 0.15) is 11.6 Å². The van der Waals surface area contributed by atoms with Crippen LogP contribution in [0.4, 0.5) is 0 Å². The average Bonchev–Trinajstić information content (AvgIpc) is 2.84. The maximum absolute atomic E-state index is 12.6. The number of carbonyl (C=O) groups is 1. The summed E-state index contributed by atoms with van der Waals surface area (Å²) in [6.07, 6.45) is 4.71. The predicted octanol–water partition coefficient (Wildman–Crippen LogP) is 4.93. The second-order valence-electron chi connectivity index (χ2n) is 8.83. The van der Waals surface area contributed by atoms with E-state index >= 15 is 0 Å². The van der Waals surface area contributed by atoms with Gasteiger partial charge in [-0.25, -0.2) is 4.79 Å². The van der Waals surface area contributed by atoms with Crippen LogP contribution in [0.1, 0.15) is 67.7 Å². The zero-order valence-corrected chi connectivity index (χ0v) is 16.2. The van der Waals surface area contributed by atoms with Crippen molar-refractivity contribution in [1.82, 2.24) is 4.90 Å². The van der Waals surface area contributed by atoms with Crippen LogP contribution in [-0.4, -0.2) is 29.1 Å². The molecule has 1 saturated heterocycles. The van der Waals surface area contributed by atoms with Gasteiger partial charge in [0.2, 0.25) is 0 Å². The van der Waals surface area contributed by atoms with Crippen molar-refractivity contribution in [3.05, 3.63) is 24.9 Å². The second kappa shape index (κ2) is 6.70. The van der Waals surface area contributed by atoms with E-state index in [1.165, 1.54) is 0 Å². The maximum Gasteiger partial charge on any atom is 0.329 e. The number of likely N-dealkylation sites (tertiary alicyclic amines) is 1. The zero-order valence-electron chi connectivity index (χ0n) is 16.2. The number of carbonyl (C=O) groups excluding carboxylic acids is 1. The van der Waals surface area contributed by atoms with Gasteiger partial charge in [0, 0.05) is 17.7 Å². The van der Waals surface area contributed by atoms with Gasteiger partial charge >= 0.3 is 5.97 Å². The van der Waals surface area contributed by atoms with Crippen LogP contribution in [0.5, 0.6) is 0 Å². The van der Waals surface area contributed by atoms with Crippen LogP contribution < -0.4 is 0 Å². The molecule has 0 unspecified atom stereocenters. The van der Waals surface area contributed by atoms with E-state index < -0.39 is 5.60 Å². The van der Waals surface area contributed by atoms with Gasteiger partial charge in [-0.2, -0.15) is 0 Å². The van der Waals surface area contributed by atoms with Gasteiger partial charge in [-0.1, -0.05) is 40.3 Å². The minimum atomic E-state index is -0.454. The van der Waals surface area contributed by atoms with Gasteiger partial charge in [-0.3, -0.25) is 0 Å². The van der Waals surface area contributed by atoms with E-state index in [9.17, 15) is 4.79 Å².